The number of hydrogen-bond acceptors (Lipinski definition) is 2. The lowest BCUT2D eigenvalue weighted by Crippen LogP contribution is -2.48. The average Bonchev–Trinajstić information content (AvgIpc) is 2.19. The zero-order chi connectivity index (χ0) is 12.6. The Bertz CT molecular complexity index is 448. The Morgan fingerprint density at radius 3 is 2.12 bits per heavy atom. The van der Waals surface area contributed by atoms with Crippen LogP contribution in [-0.4, -0.2) is 19.0 Å². The Balaban J connectivity index is 2.28. The van der Waals surface area contributed by atoms with E-state index in [0.29, 0.717) is 13.1 Å². The van der Waals surface area contributed by atoms with Crippen LogP contribution in [-0.2, 0) is 4.79 Å². The van der Waals surface area contributed by atoms with Crippen LogP contribution in [0.15, 0.2) is 6.07 Å². The molecule has 0 bridgehead atoms. The van der Waals surface area contributed by atoms with Crippen molar-refractivity contribution in [1.29, 1.82) is 0 Å². The van der Waals surface area contributed by atoms with Gasteiger partial charge in [0, 0.05) is 19.2 Å². The predicted octanol–water partition coefficient (Wildman–Crippen LogP) is 1.40. The van der Waals surface area contributed by atoms with Crippen LogP contribution in [0.4, 0.5) is 23.2 Å². The van der Waals surface area contributed by atoms with Gasteiger partial charge in [-0.15, -0.1) is 0 Å². The summed E-state index contributed by atoms with van der Waals surface area (Å²) in [6.07, 6.45) is 0. The van der Waals surface area contributed by atoms with E-state index >= 15 is 0 Å². The van der Waals surface area contributed by atoms with Crippen LogP contribution in [0.5, 0.6) is 0 Å². The van der Waals surface area contributed by atoms with Crippen LogP contribution in [0.25, 0.3) is 0 Å². The fourth-order valence-electron chi connectivity index (χ4n) is 1.38. The molecule has 1 aliphatic rings. The highest BCUT2D eigenvalue weighted by atomic mass is 19.2. The van der Waals surface area contributed by atoms with E-state index in [0.717, 1.165) is 0 Å². The summed E-state index contributed by atoms with van der Waals surface area (Å²) in [6, 6.07) is 0.0885. The summed E-state index contributed by atoms with van der Waals surface area (Å²) in [7, 11) is 0. The predicted molar refractivity (Wildman–Crippen MR) is 51.3 cm³/mol. The summed E-state index contributed by atoms with van der Waals surface area (Å²) in [5, 5.41) is 4.64. The number of rotatable bonds is 2. The van der Waals surface area contributed by atoms with Gasteiger partial charge in [-0.25, -0.2) is 17.6 Å². The lowest BCUT2D eigenvalue weighted by Gasteiger charge is -2.25. The van der Waals surface area contributed by atoms with E-state index in [2.05, 4.69) is 5.32 Å². The number of benzene rings is 1. The number of amides is 1. The number of nitrogens with one attached hydrogen (secondary N) is 2. The van der Waals surface area contributed by atoms with Gasteiger partial charge in [-0.1, -0.05) is 0 Å². The van der Waals surface area contributed by atoms with Crippen LogP contribution in [0.1, 0.15) is 0 Å². The monoisotopic (exact) mass is 248 g/mol. The van der Waals surface area contributed by atoms with Crippen molar-refractivity contribution >= 4 is 11.6 Å². The number of carbonyl (C=O) groups excluding carboxylic acids is 1. The first kappa shape index (κ1) is 11.8. The maximum atomic E-state index is 13.2. The van der Waals surface area contributed by atoms with Gasteiger partial charge in [-0.2, -0.15) is 0 Å². The second-order valence-electron chi connectivity index (χ2n) is 3.69. The van der Waals surface area contributed by atoms with Crippen LogP contribution in [0.2, 0.25) is 0 Å². The highest BCUT2D eigenvalue weighted by Crippen LogP contribution is 2.24. The third-order valence-electron chi connectivity index (χ3n) is 2.51. The van der Waals surface area contributed by atoms with E-state index < -0.39 is 40.8 Å². The van der Waals surface area contributed by atoms with Gasteiger partial charge in [-0.3, -0.25) is 4.79 Å². The zero-order valence-corrected chi connectivity index (χ0v) is 8.49. The van der Waals surface area contributed by atoms with E-state index in [-0.39, 0.29) is 6.07 Å². The van der Waals surface area contributed by atoms with Crippen LogP contribution >= 0.6 is 0 Å². The molecule has 1 fully saturated rings. The first-order valence-corrected chi connectivity index (χ1v) is 4.85. The number of hydrogen-bond donors (Lipinski definition) is 2. The van der Waals surface area contributed by atoms with Gasteiger partial charge in [0.1, 0.15) is 5.69 Å². The van der Waals surface area contributed by atoms with Crippen molar-refractivity contribution < 1.29 is 22.4 Å². The van der Waals surface area contributed by atoms with E-state index in [1.54, 1.807) is 0 Å². The van der Waals surface area contributed by atoms with Crippen molar-refractivity contribution in [3.8, 4) is 0 Å². The Labute approximate surface area is 93.8 Å². The van der Waals surface area contributed by atoms with Gasteiger partial charge in [0.25, 0.3) is 0 Å². The second-order valence-corrected chi connectivity index (χ2v) is 3.69. The molecule has 0 aliphatic carbocycles. The summed E-state index contributed by atoms with van der Waals surface area (Å²) in [6.45, 7) is 0.736. The fourth-order valence-corrected chi connectivity index (χ4v) is 1.38. The molecule has 2 N–H and O–H groups in total. The van der Waals surface area contributed by atoms with Crippen molar-refractivity contribution in [2.75, 3.05) is 18.4 Å². The molecule has 17 heavy (non-hydrogen) atoms. The molecule has 1 aliphatic heterocycles. The van der Waals surface area contributed by atoms with Crippen LogP contribution < -0.4 is 10.6 Å². The zero-order valence-electron chi connectivity index (χ0n) is 8.49. The molecule has 3 nitrogen and oxygen atoms in total. The first-order valence-electron chi connectivity index (χ1n) is 4.85. The standard InChI is InChI=1S/C10H8F4N2O/c11-5-1-6(12)8(14)9(7(5)13)16-10(17)4-2-15-3-4/h1,4,15H,2-3H2,(H,16,17). The van der Waals surface area contributed by atoms with E-state index in [1.807, 2.05) is 5.32 Å². The number of carbonyl (C=O) groups is 1. The van der Waals surface area contributed by atoms with E-state index in [1.165, 1.54) is 0 Å². The first-order chi connectivity index (χ1) is 8.00. The molecule has 1 amide bonds. The highest BCUT2D eigenvalue weighted by molar-refractivity contribution is 5.93. The maximum absolute atomic E-state index is 13.2. The largest absolute Gasteiger partial charge is 0.321 e. The summed E-state index contributed by atoms with van der Waals surface area (Å²) in [4.78, 5) is 11.4. The lowest BCUT2D eigenvalue weighted by molar-refractivity contribution is -0.121. The molecular formula is C10H8F4N2O. The third-order valence-corrected chi connectivity index (χ3v) is 2.51. The summed E-state index contributed by atoms with van der Waals surface area (Å²) in [5.41, 5.74) is -1.08. The minimum atomic E-state index is -1.61. The van der Waals surface area contributed by atoms with E-state index in [9.17, 15) is 22.4 Å². The molecule has 1 aromatic carbocycles. The van der Waals surface area contributed by atoms with Crippen LogP contribution in [0.3, 0.4) is 0 Å². The molecule has 0 unspecified atom stereocenters. The highest BCUT2D eigenvalue weighted by Gasteiger charge is 2.28. The topological polar surface area (TPSA) is 41.1 Å². The maximum Gasteiger partial charge on any atom is 0.230 e. The van der Waals surface area contributed by atoms with Crippen molar-refractivity contribution in [3.63, 3.8) is 0 Å². The Kier molecular flexibility index (Phi) is 3.01. The molecule has 0 spiro atoms. The van der Waals surface area contributed by atoms with Gasteiger partial charge >= 0.3 is 0 Å². The lowest BCUT2D eigenvalue weighted by atomic mass is 10.0. The van der Waals surface area contributed by atoms with Crippen molar-refractivity contribution in [1.82, 2.24) is 5.32 Å². The summed E-state index contributed by atoms with van der Waals surface area (Å²) in [5.74, 6) is -7.43. The normalized spacial score (nSPS) is 15.5. The van der Waals surface area contributed by atoms with Crippen molar-refractivity contribution in [3.05, 3.63) is 29.3 Å². The molecule has 7 heteroatoms. The molecule has 1 heterocycles. The third kappa shape index (κ3) is 2.10. The molecule has 1 aromatic rings. The van der Waals surface area contributed by atoms with Gasteiger partial charge in [0.05, 0.1) is 5.92 Å². The van der Waals surface area contributed by atoms with Gasteiger partial charge in [0.15, 0.2) is 23.3 Å². The molecule has 92 valence electrons. The van der Waals surface area contributed by atoms with Crippen molar-refractivity contribution in [2.24, 2.45) is 5.92 Å². The molecule has 0 saturated carbocycles. The Morgan fingerprint density at radius 2 is 1.71 bits per heavy atom. The molecule has 1 saturated heterocycles. The minimum absolute atomic E-state index is 0.0885. The Hall–Kier alpha value is -1.63. The molecule has 0 radical (unpaired) electrons. The smallest absolute Gasteiger partial charge is 0.230 e. The van der Waals surface area contributed by atoms with Gasteiger partial charge in [0.2, 0.25) is 5.91 Å². The fraction of sp³-hybridized carbons (Fsp3) is 0.300. The molecular weight excluding hydrogens is 240 g/mol. The quantitative estimate of drug-likeness (QED) is 0.613. The van der Waals surface area contributed by atoms with Gasteiger partial charge < -0.3 is 10.6 Å². The molecule has 0 aromatic heterocycles. The summed E-state index contributed by atoms with van der Waals surface area (Å²) >= 11 is 0. The molecule has 0 atom stereocenters. The molecule has 2 rings (SSSR count). The average molecular weight is 248 g/mol. The number of halogens is 4. The van der Waals surface area contributed by atoms with E-state index in [4.69, 9.17) is 0 Å². The minimum Gasteiger partial charge on any atom is -0.321 e. The van der Waals surface area contributed by atoms with Crippen LogP contribution in [0, 0.1) is 29.2 Å². The van der Waals surface area contributed by atoms with Crippen molar-refractivity contribution in [2.45, 2.75) is 0 Å². The Morgan fingerprint density at radius 1 is 1.18 bits per heavy atom. The van der Waals surface area contributed by atoms with Gasteiger partial charge in [-0.05, 0) is 0 Å². The second kappa shape index (κ2) is 4.33. The number of anilines is 1. The summed E-state index contributed by atoms with van der Waals surface area (Å²) < 4.78 is 52.0. The SMILES string of the molecule is O=C(Nc1c(F)c(F)cc(F)c1F)C1CNC1.